The Kier molecular flexibility index (Phi) is 3.92. The number of aromatic amines is 2. The van der Waals surface area contributed by atoms with Gasteiger partial charge >= 0.3 is 11.7 Å². The molecular formula is C10H10N6O5. The molecule has 4 N–H and O–H groups in total. The van der Waals surface area contributed by atoms with Gasteiger partial charge < -0.3 is 15.4 Å². The monoisotopic (exact) mass is 294 g/mol. The SMILES string of the molecule is O=C(O)c1cn(CCNC(=O)c2c[nH]c(=O)[nH]c2=O)nn1. The summed E-state index contributed by atoms with van der Waals surface area (Å²) in [4.78, 5) is 48.6. The molecule has 0 radical (unpaired) electrons. The van der Waals surface area contributed by atoms with Crippen molar-refractivity contribution in [1.82, 2.24) is 30.3 Å². The summed E-state index contributed by atoms with van der Waals surface area (Å²) in [6.45, 7) is 0.271. The van der Waals surface area contributed by atoms with Crippen LogP contribution in [0.3, 0.4) is 0 Å². The summed E-state index contributed by atoms with van der Waals surface area (Å²) in [6.07, 6.45) is 2.22. The second kappa shape index (κ2) is 5.81. The Morgan fingerprint density at radius 1 is 1.38 bits per heavy atom. The van der Waals surface area contributed by atoms with Gasteiger partial charge in [-0.05, 0) is 0 Å². The maximum atomic E-state index is 11.7. The normalized spacial score (nSPS) is 10.3. The highest BCUT2D eigenvalue weighted by Crippen LogP contribution is 1.92. The number of carboxylic acids is 1. The first-order chi connectivity index (χ1) is 9.97. The van der Waals surface area contributed by atoms with Crippen LogP contribution in [0.1, 0.15) is 20.8 Å². The Morgan fingerprint density at radius 2 is 2.14 bits per heavy atom. The fraction of sp³-hybridized carbons (Fsp3) is 0.200. The maximum Gasteiger partial charge on any atom is 0.358 e. The van der Waals surface area contributed by atoms with Gasteiger partial charge in [-0.1, -0.05) is 5.21 Å². The minimum atomic E-state index is -1.20. The number of hydrogen-bond acceptors (Lipinski definition) is 6. The molecule has 0 fully saturated rings. The van der Waals surface area contributed by atoms with E-state index in [1.807, 2.05) is 4.98 Å². The van der Waals surface area contributed by atoms with Crippen molar-refractivity contribution in [1.29, 1.82) is 0 Å². The van der Waals surface area contributed by atoms with Crippen LogP contribution in [0, 0.1) is 0 Å². The van der Waals surface area contributed by atoms with Crippen molar-refractivity contribution in [3.63, 3.8) is 0 Å². The second-order valence-electron chi connectivity index (χ2n) is 3.91. The lowest BCUT2D eigenvalue weighted by atomic mass is 10.3. The predicted octanol–water partition coefficient (Wildman–Crippen LogP) is -2.22. The minimum Gasteiger partial charge on any atom is -0.476 e. The molecule has 2 heterocycles. The molecule has 0 bridgehead atoms. The van der Waals surface area contributed by atoms with Crippen LogP contribution in [0.25, 0.3) is 0 Å². The molecule has 0 saturated heterocycles. The number of nitrogens with one attached hydrogen (secondary N) is 3. The number of aromatic carboxylic acids is 1. The summed E-state index contributed by atoms with van der Waals surface area (Å²) in [6, 6.07) is 0. The maximum absolute atomic E-state index is 11.7. The molecule has 21 heavy (non-hydrogen) atoms. The van der Waals surface area contributed by atoms with Crippen LogP contribution < -0.4 is 16.6 Å². The Hall–Kier alpha value is -3.24. The number of carbonyl (C=O) groups excluding carboxylic acids is 1. The van der Waals surface area contributed by atoms with Crippen molar-refractivity contribution in [3.05, 3.63) is 44.5 Å². The summed E-state index contributed by atoms with van der Waals surface area (Å²) in [5.74, 6) is -1.88. The van der Waals surface area contributed by atoms with E-state index in [0.717, 1.165) is 6.20 Å². The van der Waals surface area contributed by atoms with Gasteiger partial charge in [0.05, 0.1) is 12.7 Å². The molecule has 1 amide bonds. The van der Waals surface area contributed by atoms with E-state index in [9.17, 15) is 19.2 Å². The van der Waals surface area contributed by atoms with Crippen LogP contribution >= 0.6 is 0 Å². The molecule has 2 aromatic heterocycles. The van der Waals surface area contributed by atoms with Crippen LogP contribution in [0.2, 0.25) is 0 Å². The Morgan fingerprint density at radius 3 is 2.76 bits per heavy atom. The lowest BCUT2D eigenvalue weighted by Gasteiger charge is -2.03. The molecule has 2 aromatic rings. The lowest BCUT2D eigenvalue weighted by Crippen LogP contribution is -2.34. The van der Waals surface area contributed by atoms with Gasteiger partial charge in [-0.3, -0.25) is 14.6 Å². The van der Waals surface area contributed by atoms with E-state index in [0.29, 0.717) is 0 Å². The third-order valence-corrected chi connectivity index (χ3v) is 2.45. The van der Waals surface area contributed by atoms with Gasteiger partial charge in [-0.25, -0.2) is 14.3 Å². The zero-order chi connectivity index (χ0) is 15.4. The largest absolute Gasteiger partial charge is 0.476 e. The zero-order valence-electron chi connectivity index (χ0n) is 10.5. The van der Waals surface area contributed by atoms with E-state index in [2.05, 4.69) is 20.6 Å². The van der Waals surface area contributed by atoms with E-state index in [4.69, 9.17) is 5.11 Å². The van der Waals surface area contributed by atoms with Crippen LogP contribution in [-0.2, 0) is 6.54 Å². The Labute approximate surface area is 115 Å². The van der Waals surface area contributed by atoms with Gasteiger partial charge in [0, 0.05) is 12.7 Å². The number of rotatable bonds is 5. The highest BCUT2D eigenvalue weighted by Gasteiger charge is 2.11. The molecule has 0 aliphatic heterocycles. The first-order valence-electron chi connectivity index (χ1n) is 5.71. The van der Waals surface area contributed by atoms with Crippen molar-refractivity contribution in [3.8, 4) is 0 Å². The van der Waals surface area contributed by atoms with Gasteiger partial charge in [0.1, 0.15) is 5.56 Å². The van der Waals surface area contributed by atoms with Gasteiger partial charge in [0.2, 0.25) is 0 Å². The molecule has 0 aromatic carbocycles. The fourth-order valence-corrected chi connectivity index (χ4v) is 1.46. The summed E-state index contributed by atoms with van der Waals surface area (Å²) in [5, 5.41) is 18.0. The van der Waals surface area contributed by atoms with Crippen LogP contribution in [0.5, 0.6) is 0 Å². The zero-order valence-corrected chi connectivity index (χ0v) is 10.5. The van der Waals surface area contributed by atoms with Gasteiger partial charge in [0.25, 0.3) is 11.5 Å². The topological polar surface area (TPSA) is 163 Å². The highest BCUT2D eigenvalue weighted by atomic mass is 16.4. The third-order valence-electron chi connectivity index (χ3n) is 2.45. The Balaban J connectivity index is 1.93. The minimum absolute atomic E-state index is 0.0970. The number of H-pyrrole nitrogens is 2. The van der Waals surface area contributed by atoms with E-state index in [1.165, 1.54) is 10.9 Å². The average Bonchev–Trinajstić information content (AvgIpc) is 2.87. The summed E-state index contributed by atoms with van der Waals surface area (Å²) < 4.78 is 1.24. The molecule has 0 saturated carbocycles. The molecule has 2 rings (SSSR count). The molecule has 0 atom stereocenters. The predicted molar refractivity (Wildman–Crippen MR) is 67.0 cm³/mol. The number of carbonyl (C=O) groups is 2. The van der Waals surface area contributed by atoms with Gasteiger partial charge in [-0.15, -0.1) is 5.10 Å². The second-order valence-corrected chi connectivity index (χ2v) is 3.91. The summed E-state index contributed by atoms with van der Waals surface area (Å²) >= 11 is 0. The Bertz CT molecular complexity index is 787. The van der Waals surface area contributed by atoms with Crippen molar-refractivity contribution in [2.75, 3.05) is 6.54 Å². The molecule has 0 spiro atoms. The van der Waals surface area contributed by atoms with Crippen molar-refractivity contribution >= 4 is 11.9 Å². The molecule has 0 unspecified atom stereocenters. The van der Waals surface area contributed by atoms with E-state index in [-0.39, 0.29) is 24.3 Å². The molecular weight excluding hydrogens is 284 g/mol. The molecule has 11 nitrogen and oxygen atoms in total. The number of nitrogens with zero attached hydrogens (tertiary/aromatic N) is 3. The first kappa shape index (κ1) is 14.2. The van der Waals surface area contributed by atoms with Crippen LogP contribution in [0.15, 0.2) is 22.0 Å². The van der Waals surface area contributed by atoms with Gasteiger partial charge in [-0.2, -0.15) is 0 Å². The van der Waals surface area contributed by atoms with Gasteiger partial charge in [0.15, 0.2) is 5.69 Å². The van der Waals surface area contributed by atoms with E-state index < -0.39 is 23.1 Å². The highest BCUT2D eigenvalue weighted by molar-refractivity contribution is 5.93. The number of hydrogen-bond donors (Lipinski definition) is 4. The molecule has 0 aliphatic carbocycles. The van der Waals surface area contributed by atoms with Crippen molar-refractivity contribution in [2.24, 2.45) is 0 Å². The molecule has 11 heteroatoms. The summed E-state index contributed by atoms with van der Waals surface area (Å²) in [5.41, 5.74) is -1.96. The summed E-state index contributed by atoms with van der Waals surface area (Å²) in [7, 11) is 0. The fourth-order valence-electron chi connectivity index (χ4n) is 1.46. The number of aromatic nitrogens is 5. The first-order valence-corrected chi connectivity index (χ1v) is 5.71. The number of amides is 1. The standard InChI is InChI=1S/C10H10N6O5/c17-7(5-3-12-10(21)13-8(5)18)11-1-2-16-4-6(9(19)20)14-15-16/h3-4H,1-2H2,(H,11,17)(H,19,20)(H2,12,13,18,21). The number of carboxylic acid groups (broad SMARTS) is 1. The molecule has 0 aliphatic rings. The quantitative estimate of drug-likeness (QED) is 0.485. The van der Waals surface area contributed by atoms with Crippen molar-refractivity contribution in [2.45, 2.75) is 6.54 Å². The van der Waals surface area contributed by atoms with E-state index >= 15 is 0 Å². The smallest absolute Gasteiger partial charge is 0.358 e. The van der Waals surface area contributed by atoms with Crippen LogP contribution in [-0.4, -0.2) is 48.5 Å². The third kappa shape index (κ3) is 3.40. The lowest BCUT2D eigenvalue weighted by molar-refractivity contribution is 0.0690. The molecule has 110 valence electrons. The van der Waals surface area contributed by atoms with E-state index in [1.54, 1.807) is 0 Å². The average molecular weight is 294 g/mol. The van der Waals surface area contributed by atoms with Crippen molar-refractivity contribution < 1.29 is 14.7 Å². The van der Waals surface area contributed by atoms with Crippen LogP contribution in [0.4, 0.5) is 0 Å².